The Morgan fingerprint density at radius 3 is 2.80 bits per heavy atom. The van der Waals surface area contributed by atoms with Gasteiger partial charge in [0.25, 0.3) is 11.5 Å². The molecule has 1 saturated carbocycles. The molecule has 3 heterocycles. The van der Waals surface area contributed by atoms with Gasteiger partial charge in [0.15, 0.2) is 0 Å². The molecule has 3 atom stereocenters. The highest BCUT2D eigenvalue weighted by atomic mass is 16.2. The van der Waals surface area contributed by atoms with E-state index in [4.69, 9.17) is 5.73 Å². The number of nitrogens with one attached hydrogen (secondary N) is 2. The summed E-state index contributed by atoms with van der Waals surface area (Å²) in [5, 5.41) is 6.22. The average Bonchev–Trinajstić information content (AvgIpc) is 3.39. The smallest absolute Gasteiger partial charge is 0.277 e. The first-order chi connectivity index (χ1) is 14.4. The lowest BCUT2D eigenvalue weighted by Gasteiger charge is -2.29. The number of carbonyl (C=O) groups excluding carboxylic acids is 1. The molecule has 8 heteroatoms. The third-order valence-corrected chi connectivity index (χ3v) is 6.57. The molecule has 0 bridgehead atoms. The number of amides is 1. The molecule has 1 fully saturated rings. The molecule has 0 aromatic carbocycles. The maximum Gasteiger partial charge on any atom is 0.277 e. The lowest BCUT2D eigenvalue weighted by Crippen LogP contribution is -2.46. The molecule has 2 aliphatic carbocycles. The number of fused-ring (bicyclic) bond motifs is 2. The van der Waals surface area contributed by atoms with Gasteiger partial charge in [-0.1, -0.05) is 12.5 Å². The molecular weight excluding hydrogens is 380 g/mol. The quantitative estimate of drug-likeness (QED) is 0.675. The Balaban J connectivity index is 1.65. The summed E-state index contributed by atoms with van der Waals surface area (Å²) in [5.41, 5.74) is 7.62. The van der Waals surface area contributed by atoms with Crippen molar-refractivity contribution < 1.29 is 4.79 Å². The lowest BCUT2D eigenvalue weighted by atomic mass is 10.0. The van der Waals surface area contributed by atoms with Crippen LogP contribution in [0, 0.1) is 18.8 Å². The number of nitrogen functional groups attached to an aromatic ring is 1. The first-order valence-electron chi connectivity index (χ1n) is 10.5. The molecule has 156 valence electrons. The van der Waals surface area contributed by atoms with E-state index in [0.29, 0.717) is 41.3 Å². The van der Waals surface area contributed by atoms with E-state index in [1.807, 2.05) is 6.92 Å². The van der Waals surface area contributed by atoms with Crippen LogP contribution < -0.4 is 21.9 Å². The van der Waals surface area contributed by atoms with E-state index in [-0.39, 0.29) is 11.5 Å². The maximum absolute atomic E-state index is 13.6. The van der Waals surface area contributed by atoms with E-state index in [2.05, 4.69) is 33.6 Å². The molecule has 3 unspecified atom stereocenters. The minimum atomic E-state index is -0.801. The van der Waals surface area contributed by atoms with Gasteiger partial charge in [0.2, 0.25) is 0 Å². The van der Waals surface area contributed by atoms with Crippen LogP contribution in [0.1, 0.15) is 55.1 Å². The standard InChI is InChI=1S/C22H26N6O2/c1-12-7-15(12)14-5-3-4-6-22(10-14)27-20(29)19-13(2)8-16(21(30)28(19)22)26-18-9-17(23)24-11-25-18/h8-12,15H,3-7H2,1-2H3,(H,27,29)(H3,23,24,25,26). The fourth-order valence-electron chi connectivity index (χ4n) is 4.97. The zero-order valence-electron chi connectivity index (χ0n) is 17.2. The number of nitrogens with two attached hydrogens (primary N) is 1. The summed E-state index contributed by atoms with van der Waals surface area (Å²) in [5.74, 6) is 1.81. The van der Waals surface area contributed by atoms with Gasteiger partial charge in [0, 0.05) is 6.07 Å². The predicted octanol–water partition coefficient (Wildman–Crippen LogP) is 2.83. The number of aromatic nitrogens is 3. The van der Waals surface area contributed by atoms with E-state index in [1.54, 1.807) is 16.7 Å². The summed E-state index contributed by atoms with van der Waals surface area (Å²) in [6.45, 7) is 4.11. The Kier molecular flexibility index (Phi) is 4.20. The molecule has 4 N–H and O–H groups in total. The number of aryl methyl sites for hydroxylation is 1. The van der Waals surface area contributed by atoms with Crippen LogP contribution in [0.2, 0.25) is 0 Å². The molecule has 2 aromatic rings. The first kappa shape index (κ1) is 18.8. The Bertz CT molecular complexity index is 1140. The highest BCUT2D eigenvalue weighted by Crippen LogP contribution is 2.48. The minimum absolute atomic E-state index is 0.191. The fourth-order valence-corrected chi connectivity index (χ4v) is 4.97. The lowest BCUT2D eigenvalue weighted by molar-refractivity contribution is 0.0934. The third kappa shape index (κ3) is 2.98. The summed E-state index contributed by atoms with van der Waals surface area (Å²) in [6.07, 6.45) is 8.48. The van der Waals surface area contributed by atoms with Gasteiger partial charge < -0.3 is 16.4 Å². The van der Waals surface area contributed by atoms with Crippen LogP contribution in [-0.2, 0) is 5.66 Å². The minimum Gasteiger partial charge on any atom is -0.384 e. The fraction of sp³-hybridized carbons (Fsp3) is 0.455. The zero-order valence-corrected chi connectivity index (χ0v) is 17.2. The molecule has 1 amide bonds. The Morgan fingerprint density at radius 1 is 1.27 bits per heavy atom. The number of allylic oxidation sites excluding steroid dienone is 1. The predicted molar refractivity (Wildman–Crippen MR) is 114 cm³/mol. The van der Waals surface area contributed by atoms with Gasteiger partial charge in [-0.25, -0.2) is 9.97 Å². The molecule has 1 aliphatic heterocycles. The van der Waals surface area contributed by atoms with Crippen molar-refractivity contribution in [1.29, 1.82) is 0 Å². The average molecular weight is 406 g/mol. The van der Waals surface area contributed by atoms with Crippen molar-refractivity contribution in [2.45, 2.75) is 51.6 Å². The van der Waals surface area contributed by atoms with Crippen molar-refractivity contribution in [3.63, 3.8) is 0 Å². The second-order valence-corrected chi connectivity index (χ2v) is 8.81. The van der Waals surface area contributed by atoms with Crippen LogP contribution >= 0.6 is 0 Å². The van der Waals surface area contributed by atoms with Crippen LogP contribution in [0.4, 0.5) is 17.3 Å². The number of carbonyl (C=O) groups is 1. The molecular formula is C22H26N6O2. The maximum atomic E-state index is 13.6. The number of nitrogens with zero attached hydrogens (tertiary/aromatic N) is 3. The van der Waals surface area contributed by atoms with E-state index in [1.165, 1.54) is 18.3 Å². The van der Waals surface area contributed by atoms with Gasteiger partial charge in [-0.15, -0.1) is 0 Å². The van der Waals surface area contributed by atoms with Gasteiger partial charge in [0.1, 0.15) is 35.0 Å². The van der Waals surface area contributed by atoms with Crippen molar-refractivity contribution in [2.75, 3.05) is 11.1 Å². The van der Waals surface area contributed by atoms with Crippen molar-refractivity contribution in [2.24, 2.45) is 11.8 Å². The van der Waals surface area contributed by atoms with Crippen LogP contribution in [0.25, 0.3) is 0 Å². The van der Waals surface area contributed by atoms with Gasteiger partial charge in [0.05, 0.1) is 0 Å². The van der Waals surface area contributed by atoms with Gasteiger partial charge in [-0.05, 0) is 68.6 Å². The molecule has 0 radical (unpaired) electrons. The van der Waals surface area contributed by atoms with E-state index >= 15 is 0 Å². The van der Waals surface area contributed by atoms with Crippen LogP contribution in [-0.4, -0.2) is 20.4 Å². The Hall–Kier alpha value is -3.16. The molecule has 0 saturated heterocycles. The van der Waals surface area contributed by atoms with E-state index in [9.17, 15) is 9.59 Å². The van der Waals surface area contributed by atoms with Crippen molar-refractivity contribution in [3.05, 3.63) is 51.7 Å². The largest absolute Gasteiger partial charge is 0.384 e. The topological polar surface area (TPSA) is 115 Å². The zero-order chi connectivity index (χ0) is 21.0. The van der Waals surface area contributed by atoms with E-state index in [0.717, 1.165) is 24.8 Å². The highest BCUT2D eigenvalue weighted by molar-refractivity contribution is 5.97. The first-order valence-corrected chi connectivity index (χ1v) is 10.5. The molecule has 5 rings (SSSR count). The van der Waals surface area contributed by atoms with Gasteiger partial charge in [-0.3, -0.25) is 14.2 Å². The molecule has 8 nitrogen and oxygen atoms in total. The van der Waals surface area contributed by atoms with Crippen LogP contribution in [0.5, 0.6) is 0 Å². The number of hydrogen-bond acceptors (Lipinski definition) is 6. The monoisotopic (exact) mass is 406 g/mol. The van der Waals surface area contributed by atoms with Crippen LogP contribution in [0.3, 0.4) is 0 Å². The number of anilines is 3. The van der Waals surface area contributed by atoms with Crippen LogP contribution in [0.15, 0.2) is 34.9 Å². The summed E-state index contributed by atoms with van der Waals surface area (Å²) < 4.78 is 1.66. The normalized spacial score (nSPS) is 27.3. The molecule has 30 heavy (non-hydrogen) atoms. The van der Waals surface area contributed by atoms with Gasteiger partial charge >= 0.3 is 0 Å². The number of hydrogen-bond donors (Lipinski definition) is 3. The SMILES string of the molecule is Cc1cc(Nc2cc(N)ncn2)c(=O)n2c1C(=O)NC21C=C(C2CC2C)CCCC1. The Morgan fingerprint density at radius 2 is 2.07 bits per heavy atom. The third-order valence-electron chi connectivity index (χ3n) is 6.57. The summed E-state index contributed by atoms with van der Waals surface area (Å²) >= 11 is 0. The molecule has 3 aliphatic rings. The second kappa shape index (κ2) is 6.68. The number of rotatable bonds is 3. The molecule has 2 aromatic heterocycles. The van der Waals surface area contributed by atoms with Gasteiger partial charge in [-0.2, -0.15) is 0 Å². The molecule has 1 spiro atoms. The summed E-state index contributed by atoms with van der Waals surface area (Å²) in [7, 11) is 0. The van der Waals surface area contributed by atoms with Crippen molar-refractivity contribution in [1.82, 2.24) is 19.9 Å². The second-order valence-electron chi connectivity index (χ2n) is 8.81. The van der Waals surface area contributed by atoms with Crippen molar-refractivity contribution >= 4 is 23.2 Å². The Labute approximate surface area is 174 Å². The summed E-state index contributed by atoms with van der Waals surface area (Å²) in [4.78, 5) is 34.6. The van der Waals surface area contributed by atoms with Crippen molar-refractivity contribution in [3.8, 4) is 0 Å². The highest BCUT2D eigenvalue weighted by Gasteiger charge is 2.46. The summed E-state index contributed by atoms with van der Waals surface area (Å²) in [6, 6.07) is 3.28. The number of pyridine rings is 1. The van der Waals surface area contributed by atoms with E-state index < -0.39 is 5.66 Å².